The molecule has 1 amide bonds. The second kappa shape index (κ2) is 6.61. The van der Waals surface area contributed by atoms with Crippen LogP contribution in [0.4, 0.5) is 25.0 Å². The predicted molar refractivity (Wildman–Crippen MR) is 89.3 cm³/mol. The topological polar surface area (TPSA) is 80.3 Å². The molecule has 4 rings (SSSR count). The van der Waals surface area contributed by atoms with Crippen LogP contribution >= 0.6 is 0 Å². The maximum absolute atomic E-state index is 14.7. The Morgan fingerprint density at radius 2 is 2.07 bits per heavy atom. The van der Waals surface area contributed by atoms with E-state index < -0.39 is 35.4 Å². The average Bonchev–Trinajstić information content (AvgIpc) is 3.21. The maximum Gasteiger partial charge on any atom is 0.415 e. The van der Waals surface area contributed by atoms with Crippen molar-refractivity contribution in [3.05, 3.63) is 23.8 Å². The van der Waals surface area contributed by atoms with E-state index in [-0.39, 0.29) is 17.9 Å². The first-order valence-corrected chi connectivity index (χ1v) is 8.66. The summed E-state index contributed by atoms with van der Waals surface area (Å²) in [5.74, 6) is -2.01. The lowest BCUT2D eigenvalue weighted by atomic mass is 10.2. The van der Waals surface area contributed by atoms with Crippen LogP contribution in [-0.4, -0.2) is 56.6 Å². The molecule has 2 saturated heterocycles. The Hall–Kier alpha value is -2.46. The van der Waals surface area contributed by atoms with E-state index in [1.165, 1.54) is 6.92 Å². The number of hydrogen-bond acceptors (Lipinski definition) is 7. The fraction of sp³-hybridized carbons (Fsp3) is 0.529. The predicted octanol–water partition coefficient (Wildman–Crippen LogP) is 1.34. The molecular formula is C17H19F2N3O5. The molecule has 2 heterocycles. The molecule has 1 saturated carbocycles. The van der Waals surface area contributed by atoms with Crippen molar-refractivity contribution in [2.75, 3.05) is 42.6 Å². The fourth-order valence-electron chi connectivity index (χ4n) is 3.49. The number of nitrogens with one attached hydrogen (secondary N) is 1. The van der Waals surface area contributed by atoms with Crippen molar-refractivity contribution in [3.63, 3.8) is 0 Å². The van der Waals surface area contributed by atoms with Gasteiger partial charge in [-0.15, -0.1) is 0 Å². The average molecular weight is 383 g/mol. The summed E-state index contributed by atoms with van der Waals surface area (Å²) in [6.07, 6.45) is -0.871. The summed E-state index contributed by atoms with van der Waals surface area (Å²) in [4.78, 5) is 31.1. The first-order chi connectivity index (χ1) is 12.9. The van der Waals surface area contributed by atoms with Gasteiger partial charge in [0.05, 0.1) is 18.8 Å². The van der Waals surface area contributed by atoms with Crippen molar-refractivity contribution >= 4 is 23.4 Å². The third kappa shape index (κ3) is 3.30. The number of nitrogens with zero attached hydrogens (tertiary/aromatic N) is 2. The third-order valence-corrected chi connectivity index (χ3v) is 4.88. The normalized spacial score (nSPS) is 27.5. The van der Waals surface area contributed by atoms with E-state index in [2.05, 4.69) is 5.48 Å². The highest BCUT2D eigenvalue weighted by Gasteiger charge is 2.66. The van der Waals surface area contributed by atoms with Crippen LogP contribution in [0.1, 0.15) is 13.3 Å². The lowest BCUT2D eigenvalue weighted by molar-refractivity contribution is -0.144. The molecule has 0 unspecified atom stereocenters. The highest BCUT2D eigenvalue weighted by Crippen LogP contribution is 2.48. The standard InChI is InChI=1S/C17H19F2N3O5/c1-10(23)26-14-8-17(14)9-22(16(24)27-17)11-6-12(18)15(13(19)7-11)21-3-2-20-25-5-4-21/h6-7,14,20H,2-5,8-9H2,1H3/t14-,17-/m0/s1. The van der Waals surface area contributed by atoms with Crippen molar-refractivity contribution in [1.82, 2.24) is 5.48 Å². The Labute approximate surface area is 153 Å². The zero-order chi connectivity index (χ0) is 19.2. The molecule has 0 bridgehead atoms. The van der Waals surface area contributed by atoms with Gasteiger partial charge in [0, 0.05) is 45.1 Å². The SMILES string of the molecule is CC(=O)O[C@H]1C[C@]12CN(c1cc(F)c(N3CCNOCC3)c(F)c1)C(=O)O2. The number of hydrogen-bond donors (Lipinski definition) is 1. The summed E-state index contributed by atoms with van der Waals surface area (Å²) in [5, 5.41) is 0. The first kappa shape index (κ1) is 17.9. The van der Waals surface area contributed by atoms with E-state index in [4.69, 9.17) is 14.3 Å². The van der Waals surface area contributed by atoms with Gasteiger partial charge in [-0.05, 0) is 0 Å². The van der Waals surface area contributed by atoms with Crippen LogP contribution in [0.25, 0.3) is 0 Å². The summed E-state index contributed by atoms with van der Waals surface area (Å²) < 4.78 is 39.7. The van der Waals surface area contributed by atoms with Crippen molar-refractivity contribution in [2.24, 2.45) is 0 Å². The van der Waals surface area contributed by atoms with Gasteiger partial charge in [0.1, 0.15) is 11.8 Å². The molecule has 1 aromatic rings. The number of carbonyl (C=O) groups excluding carboxylic acids is 2. The molecule has 1 aromatic carbocycles. The van der Waals surface area contributed by atoms with Crippen molar-refractivity contribution < 1.29 is 32.7 Å². The highest BCUT2D eigenvalue weighted by atomic mass is 19.1. The number of halogens is 2. The van der Waals surface area contributed by atoms with Crippen LogP contribution in [-0.2, 0) is 19.1 Å². The third-order valence-electron chi connectivity index (χ3n) is 4.88. The maximum atomic E-state index is 14.7. The molecule has 8 nitrogen and oxygen atoms in total. The number of rotatable bonds is 3. The van der Waals surface area contributed by atoms with Crippen LogP contribution in [0.3, 0.4) is 0 Å². The highest BCUT2D eigenvalue weighted by molar-refractivity contribution is 5.91. The van der Waals surface area contributed by atoms with E-state index >= 15 is 0 Å². The summed E-state index contributed by atoms with van der Waals surface area (Å²) in [6.45, 7) is 2.78. The zero-order valence-corrected chi connectivity index (χ0v) is 14.7. The molecule has 1 spiro atoms. The molecule has 2 atom stereocenters. The van der Waals surface area contributed by atoms with Gasteiger partial charge in [-0.1, -0.05) is 0 Å². The van der Waals surface area contributed by atoms with E-state index in [1.807, 2.05) is 0 Å². The fourth-order valence-corrected chi connectivity index (χ4v) is 3.49. The Morgan fingerprint density at radius 1 is 1.33 bits per heavy atom. The number of amides is 1. The minimum Gasteiger partial charge on any atom is -0.458 e. The van der Waals surface area contributed by atoms with Crippen LogP contribution in [0.15, 0.2) is 12.1 Å². The second-order valence-electron chi connectivity index (χ2n) is 6.81. The van der Waals surface area contributed by atoms with E-state index in [0.29, 0.717) is 32.7 Å². The van der Waals surface area contributed by atoms with Crippen LogP contribution in [0.5, 0.6) is 0 Å². The lowest BCUT2D eigenvalue weighted by Gasteiger charge is -2.24. The first-order valence-electron chi connectivity index (χ1n) is 8.66. The second-order valence-corrected chi connectivity index (χ2v) is 6.81. The Bertz CT molecular complexity index is 761. The quantitative estimate of drug-likeness (QED) is 0.789. The van der Waals surface area contributed by atoms with Gasteiger partial charge >= 0.3 is 12.1 Å². The van der Waals surface area contributed by atoms with Crippen molar-refractivity contribution in [1.29, 1.82) is 0 Å². The summed E-state index contributed by atoms with van der Waals surface area (Å²) in [7, 11) is 0. The molecule has 1 N–H and O–H groups in total. The largest absolute Gasteiger partial charge is 0.458 e. The Balaban J connectivity index is 1.55. The van der Waals surface area contributed by atoms with Gasteiger partial charge in [-0.25, -0.2) is 19.1 Å². The number of esters is 1. The number of anilines is 2. The van der Waals surface area contributed by atoms with Crippen LogP contribution in [0.2, 0.25) is 0 Å². The Kier molecular flexibility index (Phi) is 4.39. The molecule has 10 heteroatoms. The van der Waals surface area contributed by atoms with E-state index in [9.17, 15) is 18.4 Å². The molecule has 3 fully saturated rings. The van der Waals surface area contributed by atoms with Crippen LogP contribution < -0.4 is 15.3 Å². The van der Waals surface area contributed by atoms with Crippen molar-refractivity contribution in [2.45, 2.75) is 25.0 Å². The molecule has 27 heavy (non-hydrogen) atoms. The van der Waals surface area contributed by atoms with Gasteiger partial charge < -0.3 is 14.4 Å². The number of ether oxygens (including phenoxy) is 2. The number of benzene rings is 1. The zero-order valence-electron chi connectivity index (χ0n) is 14.7. The molecule has 3 aliphatic rings. The van der Waals surface area contributed by atoms with Crippen LogP contribution in [0, 0.1) is 11.6 Å². The monoisotopic (exact) mass is 383 g/mol. The smallest absolute Gasteiger partial charge is 0.415 e. The molecule has 1 aliphatic carbocycles. The number of hydroxylamine groups is 1. The minimum absolute atomic E-state index is 0.0632. The van der Waals surface area contributed by atoms with Gasteiger partial charge in [-0.2, -0.15) is 0 Å². The molecule has 2 aliphatic heterocycles. The van der Waals surface area contributed by atoms with Gasteiger partial charge in [0.2, 0.25) is 0 Å². The molecular weight excluding hydrogens is 364 g/mol. The van der Waals surface area contributed by atoms with Gasteiger partial charge in [0.25, 0.3) is 0 Å². The summed E-state index contributed by atoms with van der Waals surface area (Å²) in [6, 6.07) is 2.22. The van der Waals surface area contributed by atoms with Gasteiger partial charge in [0.15, 0.2) is 17.2 Å². The molecule has 0 aromatic heterocycles. The van der Waals surface area contributed by atoms with E-state index in [1.54, 1.807) is 4.90 Å². The van der Waals surface area contributed by atoms with Gasteiger partial charge in [-0.3, -0.25) is 14.5 Å². The lowest BCUT2D eigenvalue weighted by Crippen LogP contribution is -2.31. The van der Waals surface area contributed by atoms with E-state index in [0.717, 1.165) is 17.0 Å². The number of carbonyl (C=O) groups is 2. The molecule has 0 radical (unpaired) electrons. The summed E-state index contributed by atoms with van der Waals surface area (Å²) >= 11 is 0. The Morgan fingerprint density at radius 3 is 2.78 bits per heavy atom. The van der Waals surface area contributed by atoms with Crippen molar-refractivity contribution in [3.8, 4) is 0 Å². The summed E-state index contributed by atoms with van der Waals surface area (Å²) in [5.41, 5.74) is 1.67. The minimum atomic E-state index is -0.928. The molecule has 146 valence electrons.